The number of nitrogen functional groups attached to an aromatic ring is 1. The van der Waals surface area contributed by atoms with Gasteiger partial charge in [-0.05, 0) is 30.7 Å². The largest absolute Gasteiger partial charge is 0.421 e. The van der Waals surface area contributed by atoms with Crippen molar-refractivity contribution in [2.75, 3.05) is 18.1 Å². The number of anilines is 3. The molecule has 0 atom stereocenters. The maximum absolute atomic E-state index is 11.8. The van der Waals surface area contributed by atoms with E-state index < -0.39 is 0 Å². The number of nitrogens with two attached hydrogens (primary N) is 1. The Morgan fingerprint density at radius 1 is 1.31 bits per heavy atom. The van der Waals surface area contributed by atoms with Crippen LogP contribution in [0.1, 0.15) is 28.7 Å². The van der Waals surface area contributed by atoms with Crippen LogP contribution in [0.2, 0.25) is 0 Å². The number of carbonyl (C=O) groups excluding carboxylic acids is 1. The van der Waals surface area contributed by atoms with Crippen LogP contribution in [0.25, 0.3) is 11.5 Å². The van der Waals surface area contributed by atoms with Crippen molar-refractivity contribution in [1.82, 2.24) is 25.5 Å². The van der Waals surface area contributed by atoms with Gasteiger partial charge in [0.25, 0.3) is 11.8 Å². The Hall–Kier alpha value is -3.49. The molecule has 0 aliphatic heterocycles. The van der Waals surface area contributed by atoms with Gasteiger partial charge in [0.1, 0.15) is 5.82 Å². The summed E-state index contributed by atoms with van der Waals surface area (Å²) in [5.74, 6) is 1.23. The first-order valence-corrected chi connectivity index (χ1v) is 8.06. The van der Waals surface area contributed by atoms with E-state index in [9.17, 15) is 4.79 Å². The van der Waals surface area contributed by atoms with Gasteiger partial charge in [-0.15, -0.1) is 10.2 Å². The molecule has 2 aromatic heterocycles. The number of hydrogen-bond acceptors (Lipinski definition) is 8. The van der Waals surface area contributed by atoms with Crippen molar-refractivity contribution in [2.24, 2.45) is 0 Å². The van der Waals surface area contributed by atoms with Crippen LogP contribution in [0.4, 0.5) is 17.5 Å². The highest BCUT2D eigenvalue weighted by molar-refractivity contribution is 5.95. The van der Waals surface area contributed by atoms with Crippen LogP contribution in [0.5, 0.6) is 0 Å². The van der Waals surface area contributed by atoms with E-state index in [0.717, 1.165) is 11.3 Å². The molecule has 1 amide bonds. The summed E-state index contributed by atoms with van der Waals surface area (Å²) < 4.78 is 5.48. The van der Waals surface area contributed by atoms with E-state index in [0.29, 0.717) is 29.4 Å². The van der Waals surface area contributed by atoms with E-state index in [-0.39, 0.29) is 17.6 Å². The van der Waals surface area contributed by atoms with Crippen LogP contribution in [0.15, 0.2) is 28.8 Å². The Balaban J connectivity index is 1.81. The zero-order valence-electron chi connectivity index (χ0n) is 14.7. The highest BCUT2D eigenvalue weighted by Gasteiger charge is 2.14. The average Bonchev–Trinajstić information content (AvgIpc) is 3.10. The number of aryl methyl sites for hydroxylation is 2. The van der Waals surface area contributed by atoms with Crippen LogP contribution < -0.4 is 16.4 Å². The molecular formula is C17H19N7O2. The van der Waals surface area contributed by atoms with Crippen molar-refractivity contribution in [3.05, 3.63) is 41.4 Å². The summed E-state index contributed by atoms with van der Waals surface area (Å²) in [5.41, 5.74) is 8.66. The molecule has 0 fully saturated rings. The van der Waals surface area contributed by atoms with E-state index in [2.05, 4.69) is 30.8 Å². The third-order valence-corrected chi connectivity index (χ3v) is 3.77. The second-order valence-corrected chi connectivity index (χ2v) is 5.58. The molecule has 0 unspecified atom stereocenters. The number of carbonyl (C=O) groups is 1. The van der Waals surface area contributed by atoms with Crippen molar-refractivity contribution in [1.29, 1.82) is 0 Å². The van der Waals surface area contributed by atoms with E-state index in [4.69, 9.17) is 10.2 Å². The fourth-order valence-corrected chi connectivity index (χ4v) is 2.39. The number of benzene rings is 1. The van der Waals surface area contributed by atoms with Crippen LogP contribution in [0.3, 0.4) is 0 Å². The van der Waals surface area contributed by atoms with Gasteiger partial charge in [0.05, 0.1) is 5.56 Å². The number of nitrogens with zero attached hydrogens (tertiary/aromatic N) is 4. The van der Waals surface area contributed by atoms with Gasteiger partial charge in [-0.2, -0.15) is 4.98 Å². The van der Waals surface area contributed by atoms with Gasteiger partial charge < -0.3 is 20.8 Å². The molecule has 0 bridgehead atoms. The molecule has 0 aliphatic rings. The second-order valence-electron chi connectivity index (χ2n) is 5.58. The molecule has 1 aromatic carbocycles. The molecule has 26 heavy (non-hydrogen) atoms. The minimum Gasteiger partial charge on any atom is -0.421 e. The Labute approximate surface area is 150 Å². The SMILES string of the molecule is CCc1nnc(-c2cnc(Nc3ccc(C(=O)NC)c(C)c3)nc2N)o1. The molecule has 9 heteroatoms. The highest BCUT2D eigenvalue weighted by atomic mass is 16.4. The van der Waals surface area contributed by atoms with Gasteiger partial charge in [-0.1, -0.05) is 6.92 Å². The maximum atomic E-state index is 11.8. The Morgan fingerprint density at radius 2 is 2.12 bits per heavy atom. The van der Waals surface area contributed by atoms with E-state index in [1.807, 2.05) is 19.9 Å². The van der Waals surface area contributed by atoms with E-state index in [1.54, 1.807) is 19.2 Å². The lowest BCUT2D eigenvalue weighted by Crippen LogP contribution is -2.18. The molecule has 0 spiro atoms. The van der Waals surface area contributed by atoms with Gasteiger partial charge in [-0.25, -0.2) is 4.98 Å². The zero-order valence-corrected chi connectivity index (χ0v) is 14.7. The summed E-state index contributed by atoms with van der Waals surface area (Å²) in [6.07, 6.45) is 2.17. The van der Waals surface area contributed by atoms with Crippen LogP contribution in [-0.2, 0) is 6.42 Å². The van der Waals surface area contributed by atoms with Gasteiger partial charge in [0.15, 0.2) is 0 Å². The number of nitrogens with one attached hydrogen (secondary N) is 2. The summed E-state index contributed by atoms with van der Waals surface area (Å²) in [7, 11) is 1.60. The van der Waals surface area contributed by atoms with Crippen molar-refractivity contribution in [3.8, 4) is 11.5 Å². The second kappa shape index (κ2) is 7.18. The first-order chi connectivity index (χ1) is 12.5. The van der Waals surface area contributed by atoms with Crippen molar-refractivity contribution in [2.45, 2.75) is 20.3 Å². The standard InChI is InChI=1S/C17H19N7O2/c1-4-13-23-24-16(26-13)12-8-20-17(22-14(12)18)21-10-5-6-11(9(2)7-10)15(25)19-3/h5-8H,4H2,1-3H3,(H,19,25)(H3,18,20,21,22). The number of rotatable bonds is 5. The lowest BCUT2D eigenvalue weighted by atomic mass is 10.1. The lowest BCUT2D eigenvalue weighted by molar-refractivity contribution is 0.0962. The van der Waals surface area contributed by atoms with Crippen LogP contribution in [0, 0.1) is 6.92 Å². The van der Waals surface area contributed by atoms with Gasteiger partial charge >= 0.3 is 0 Å². The predicted octanol–water partition coefficient (Wildman–Crippen LogP) is 2.08. The van der Waals surface area contributed by atoms with Gasteiger partial charge in [0.2, 0.25) is 11.8 Å². The topological polar surface area (TPSA) is 132 Å². The maximum Gasteiger partial charge on any atom is 0.253 e. The zero-order chi connectivity index (χ0) is 18.7. The molecule has 0 aliphatic carbocycles. The van der Waals surface area contributed by atoms with Crippen molar-refractivity contribution >= 4 is 23.4 Å². The monoisotopic (exact) mass is 353 g/mol. The molecule has 2 heterocycles. The normalized spacial score (nSPS) is 10.6. The summed E-state index contributed by atoms with van der Waals surface area (Å²) in [6.45, 7) is 3.77. The highest BCUT2D eigenvalue weighted by Crippen LogP contribution is 2.25. The fourth-order valence-electron chi connectivity index (χ4n) is 2.39. The predicted molar refractivity (Wildman–Crippen MR) is 97.0 cm³/mol. The molecule has 0 saturated heterocycles. The molecule has 134 valence electrons. The first-order valence-electron chi connectivity index (χ1n) is 8.06. The average molecular weight is 353 g/mol. The summed E-state index contributed by atoms with van der Waals surface area (Å²) in [5, 5.41) is 13.5. The lowest BCUT2D eigenvalue weighted by Gasteiger charge is -2.09. The quantitative estimate of drug-likeness (QED) is 0.635. The molecule has 9 nitrogen and oxygen atoms in total. The molecule has 0 saturated carbocycles. The minimum absolute atomic E-state index is 0.134. The summed E-state index contributed by atoms with van der Waals surface area (Å²) >= 11 is 0. The van der Waals surface area contributed by atoms with Crippen molar-refractivity contribution in [3.63, 3.8) is 0 Å². The Bertz CT molecular complexity index is 952. The van der Waals surface area contributed by atoms with Crippen LogP contribution >= 0.6 is 0 Å². The molecule has 4 N–H and O–H groups in total. The molecule has 3 aromatic rings. The van der Waals surface area contributed by atoms with E-state index >= 15 is 0 Å². The Morgan fingerprint density at radius 3 is 2.73 bits per heavy atom. The molecule has 0 radical (unpaired) electrons. The number of aromatic nitrogens is 4. The van der Waals surface area contributed by atoms with Crippen LogP contribution in [-0.4, -0.2) is 33.1 Å². The molecule has 3 rings (SSSR count). The smallest absolute Gasteiger partial charge is 0.253 e. The fraction of sp³-hybridized carbons (Fsp3) is 0.235. The summed E-state index contributed by atoms with van der Waals surface area (Å²) in [4.78, 5) is 20.2. The molecular weight excluding hydrogens is 334 g/mol. The third-order valence-electron chi connectivity index (χ3n) is 3.77. The minimum atomic E-state index is -0.134. The first kappa shape index (κ1) is 17.3. The van der Waals surface area contributed by atoms with Gasteiger partial charge in [0, 0.05) is 30.9 Å². The van der Waals surface area contributed by atoms with Gasteiger partial charge in [-0.3, -0.25) is 4.79 Å². The third kappa shape index (κ3) is 3.46. The summed E-state index contributed by atoms with van der Waals surface area (Å²) in [6, 6.07) is 5.35. The Kier molecular flexibility index (Phi) is 4.78. The number of hydrogen-bond donors (Lipinski definition) is 3. The van der Waals surface area contributed by atoms with Crippen molar-refractivity contribution < 1.29 is 9.21 Å². The van der Waals surface area contributed by atoms with E-state index in [1.165, 1.54) is 6.20 Å². The number of amides is 1.